The maximum absolute atomic E-state index is 4.74. The molecule has 0 unspecified atom stereocenters. The van der Waals surface area contributed by atoms with Gasteiger partial charge >= 0.3 is 0 Å². The van der Waals surface area contributed by atoms with Crippen molar-refractivity contribution >= 4 is 34.7 Å². The summed E-state index contributed by atoms with van der Waals surface area (Å²) >= 11 is 9.19. The molecule has 2 heteroatoms. The average Bonchev–Trinajstić information content (AvgIpc) is 1.68. The Hall–Kier alpha value is 0.180. The van der Waals surface area contributed by atoms with Crippen molar-refractivity contribution in [3.05, 3.63) is 0 Å². The van der Waals surface area contributed by atoms with E-state index >= 15 is 0 Å². The highest BCUT2D eigenvalue weighted by Gasteiger charge is 1.85. The van der Waals surface area contributed by atoms with Gasteiger partial charge in [0.1, 0.15) is 0 Å². The molecule has 1 radical (unpaired) electrons. The fourth-order valence-electron chi connectivity index (χ4n) is 0.278. The summed E-state index contributed by atoms with van der Waals surface area (Å²) in [5.74, 6) is 0. The van der Waals surface area contributed by atoms with Crippen LogP contribution in [0.5, 0.6) is 0 Å². The first kappa shape index (κ1) is 7.18. The van der Waals surface area contributed by atoms with Crippen molar-refractivity contribution in [3.63, 3.8) is 0 Å². The van der Waals surface area contributed by atoms with Gasteiger partial charge in [0, 0.05) is 4.86 Å². The zero-order valence-corrected chi connectivity index (χ0v) is 5.86. The first-order valence-electron chi connectivity index (χ1n) is 2.22. The van der Waals surface area contributed by atoms with E-state index in [2.05, 4.69) is 24.5 Å². The molecular formula is C5H7S2. The van der Waals surface area contributed by atoms with Crippen LogP contribution in [-0.4, -0.2) is 10.2 Å². The first-order chi connectivity index (χ1) is 3.31. The van der Waals surface area contributed by atoms with Crippen molar-refractivity contribution in [2.75, 3.05) is 0 Å². The lowest BCUT2D eigenvalue weighted by molar-refractivity contribution is 1.01. The lowest BCUT2D eigenvalue weighted by atomic mass is 10.3. The second-order valence-electron chi connectivity index (χ2n) is 1.28. The Balaban J connectivity index is 3.17. The van der Waals surface area contributed by atoms with E-state index in [1.165, 1.54) is 0 Å². The van der Waals surface area contributed by atoms with Crippen LogP contribution < -0.4 is 0 Å². The predicted octanol–water partition coefficient (Wildman–Crippen LogP) is 2.03. The summed E-state index contributed by atoms with van der Waals surface area (Å²) in [6.07, 6.45) is 1.99. The monoisotopic (exact) mass is 131 g/mol. The molecule has 0 aliphatic carbocycles. The van der Waals surface area contributed by atoms with E-state index in [1.807, 2.05) is 0 Å². The Morgan fingerprint density at radius 3 is 2.43 bits per heavy atom. The van der Waals surface area contributed by atoms with Gasteiger partial charge in [-0.05, 0) is 6.42 Å². The maximum atomic E-state index is 4.74. The molecule has 0 bridgehead atoms. The fraction of sp³-hybridized carbons (Fsp3) is 0.600. The molecule has 0 saturated heterocycles. The summed E-state index contributed by atoms with van der Waals surface area (Å²) in [5, 5.41) is 2.48. The van der Waals surface area contributed by atoms with Crippen LogP contribution in [0.1, 0.15) is 19.8 Å². The van der Waals surface area contributed by atoms with Gasteiger partial charge in [-0.2, -0.15) is 0 Å². The number of thiocarbonyl (C=S) groups is 2. The summed E-state index contributed by atoms with van der Waals surface area (Å²) < 4.78 is 0. The third kappa shape index (κ3) is 4.02. The van der Waals surface area contributed by atoms with Crippen molar-refractivity contribution in [1.82, 2.24) is 0 Å². The first-order valence-corrected chi connectivity index (χ1v) is 3.04. The van der Waals surface area contributed by atoms with Gasteiger partial charge in [-0.3, -0.25) is 0 Å². The standard InChI is InChI=1S/C5H7S2/c1-2-3-5(7)4-6/h2-3H2,1H3. The van der Waals surface area contributed by atoms with Crippen molar-refractivity contribution < 1.29 is 0 Å². The van der Waals surface area contributed by atoms with E-state index in [0.29, 0.717) is 0 Å². The van der Waals surface area contributed by atoms with Gasteiger partial charge in [0.05, 0.1) is 5.37 Å². The smallest absolute Gasteiger partial charge is 0.0708 e. The lowest BCUT2D eigenvalue weighted by Crippen LogP contribution is -1.89. The summed E-state index contributed by atoms with van der Waals surface area (Å²) in [6, 6.07) is 0. The summed E-state index contributed by atoms with van der Waals surface area (Å²) in [7, 11) is 0. The van der Waals surface area contributed by atoms with Crippen LogP contribution in [0.2, 0.25) is 0 Å². The molecule has 0 fully saturated rings. The molecular weight excluding hydrogens is 124 g/mol. The third-order valence-electron chi connectivity index (χ3n) is 0.591. The normalized spacial score (nSPS) is 8.14. The molecule has 0 aliphatic heterocycles. The van der Waals surface area contributed by atoms with E-state index < -0.39 is 0 Å². The molecule has 0 saturated carbocycles. The van der Waals surface area contributed by atoms with Crippen LogP contribution in [-0.2, 0) is 0 Å². The largest absolute Gasteiger partial charge is 0.0833 e. The fourth-order valence-corrected chi connectivity index (χ4v) is 0.584. The van der Waals surface area contributed by atoms with Crippen molar-refractivity contribution in [2.45, 2.75) is 19.8 Å². The van der Waals surface area contributed by atoms with Crippen LogP contribution in [0.4, 0.5) is 0 Å². The Labute approximate surface area is 54.9 Å². The molecule has 0 atom stereocenters. The number of hydrogen-bond acceptors (Lipinski definition) is 2. The zero-order chi connectivity index (χ0) is 5.70. The lowest BCUT2D eigenvalue weighted by Gasteiger charge is -1.84. The van der Waals surface area contributed by atoms with Crippen molar-refractivity contribution in [3.8, 4) is 0 Å². The molecule has 0 aromatic rings. The van der Waals surface area contributed by atoms with Gasteiger partial charge in [0.2, 0.25) is 0 Å². The Morgan fingerprint density at radius 2 is 2.29 bits per heavy atom. The molecule has 0 rings (SSSR count). The van der Waals surface area contributed by atoms with Crippen LogP contribution in [0, 0.1) is 0 Å². The van der Waals surface area contributed by atoms with Crippen LogP contribution in [0.15, 0.2) is 0 Å². The molecule has 0 aliphatic rings. The second kappa shape index (κ2) is 4.34. The highest BCUT2D eigenvalue weighted by molar-refractivity contribution is 7.88. The SMILES string of the molecule is CCCC(=S)[C]=S. The molecule has 7 heavy (non-hydrogen) atoms. The van der Waals surface area contributed by atoms with E-state index in [0.717, 1.165) is 17.7 Å². The van der Waals surface area contributed by atoms with Crippen LogP contribution in [0.3, 0.4) is 0 Å². The predicted molar refractivity (Wildman–Crippen MR) is 40.1 cm³/mol. The topological polar surface area (TPSA) is 0 Å². The minimum atomic E-state index is 0.775. The molecule has 0 N–H and O–H groups in total. The summed E-state index contributed by atoms with van der Waals surface area (Å²) in [6.45, 7) is 2.07. The molecule has 0 amide bonds. The van der Waals surface area contributed by atoms with Gasteiger partial charge in [-0.25, -0.2) is 0 Å². The third-order valence-corrected chi connectivity index (χ3v) is 1.27. The van der Waals surface area contributed by atoms with E-state index in [4.69, 9.17) is 12.2 Å². The van der Waals surface area contributed by atoms with E-state index in [-0.39, 0.29) is 0 Å². The van der Waals surface area contributed by atoms with Gasteiger partial charge < -0.3 is 0 Å². The minimum Gasteiger partial charge on any atom is -0.0833 e. The van der Waals surface area contributed by atoms with Crippen molar-refractivity contribution in [1.29, 1.82) is 0 Å². The summed E-state index contributed by atoms with van der Waals surface area (Å²) in [4.78, 5) is 0.775. The highest BCUT2D eigenvalue weighted by Crippen LogP contribution is 1.87. The molecule has 0 heterocycles. The zero-order valence-electron chi connectivity index (χ0n) is 4.23. The molecule has 0 nitrogen and oxygen atoms in total. The number of hydrogen-bond donors (Lipinski definition) is 0. The van der Waals surface area contributed by atoms with Gasteiger partial charge in [-0.15, -0.1) is 0 Å². The van der Waals surface area contributed by atoms with Crippen molar-refractivity contribution in [2.24, 2.45) is 0 Å². The minimum absolute atomic E-state index is 0.775. The van der Waals surface area contributed by atoms with Gasteiger partial charge in [0.15, 0.2) is 0 Å². The quantitative estimate of drug-likeness (QED) is 0.537. The Kier molecular flexibility index (Phi) is 4.45. The highest BCUT2D eigenvalue weighted by atomic mass is 32.1. The maximum Gasteiger partial charge on any atom is 0.0708 e. The van der Waals surface area contributed by atoms with E-state index in [1.54, 1.807) is 0 Å². The Morgan fingerprint density at radius 1 is 1.71 bits per heavy atom. The molecule has 0 aromatic heterocycles. The van der Waals surface area contributed by atoms with Gasteiger partial charge in [-0.1, -0.05) is 37.8 Å². The molecule has 39 valence electrons. The summed E-state index contributed by atoms with van der Waals surface area (Å²) in [5.41, 5.74) is 0. The molecule has 0 aromatic carbocycles. The van der Waals surface area contributed by atoms with E-state index in [9.17, 15) is 0 Å². The van der Waals surface area contributed by atoms with Crippen LogP contribution >= 0.6 is 24.4 Å². The van der Waals surface area contributed by atoms with Crippen LogP contribution in [0.25, 0.3) is 0 Å². The average molecular weight is 131 g/mol. The Bertz CT molecular complexity index is 76.1. The number of rotatable bonds is 3. The molecule has 0 spiro atoms. The second-order valence-corrected chi connectivity index (χ2v) is 1.97. The van der Waals surface area contributed by atoms with Gasteiger partial charge in [0.25, 0.3) is 0 Å².